The topological polar surface area (TPSA) is 95.2 Å². The minimum Gasteiger partial charge on any atom is -0.493 e. The molecule has 2 aromatic carbocycles. The van der Waals surface area contributed by atoms with Crippen molar-refractivity contribution in [3.05, 3.63) is 52.5 Å². The van der Waals surface area contributed by atoms with Crippen LogP contribution in [0.4, 0.5) is 4.79 Å². The second kappa shape index (κ2) is 11.0. The van der Waals surface area contributed by atoms with E-state index in [4.69, 9.17) is 31.5 Å². The smallest absolute Gasteiger partial charge is 0.332 e. The first-order valence-corrected chi connectivity index (χ1v) is 9.24. The minimum atomic E-state index is -0.725. The van der Waals surface area contributed by atoms with Crippen LogP contribution in [-0.4, -0.2) is 32.1 Å². The molecular formula is C20H24ClN3O4. The molecule has 2 amide bonds. The number of aryl methyl sites for hydroxylation is 1. The van der Waals surface area contributed by atoms with E-state index in [1.54, 1.807) is 18.2 Å². The first kappa shape index (κ1) is 21.4. The molecule has 2 rings (SSSR count). The monoisotopic (exact) mass is 405 g/mol. The second-order valence-electron chi connectivity index (χ2n) is 5.83. The molecule has 3 N–H and O–H groups in total. The van der Waals surface area contributed by atoms with Gasteiger partial charge in [-0.25, -0.2) is 10.2 Å². The summed E-state index contributed by atoms with van der Waals surface area (Å²) in [5.41, 5.74) is 8.83. The molecule has 150 valence electrons. The molecule has 0 heterocycles. The van der Waals surface area contributed by atoms with Crippen LogP contribution in [0.3, 0.4) is 0 Å². The van der Waals surface area contributed by atoms with Crippen molar-refractivity contribution in [3.8, 4) is 17.2 Å². The molecule has 0 bridgehead atoms. The number of nitrogens with zero attached hydrogens (tertiary/aromatic N) is 1. The number of carbonyl (C=O) groups excluding carboxylic acids is 1. The van der Waals surface area contributed by atoms with Crippen LogP contribution < -0.4 is 25.4 Å². The molecule has 0 unspecified atom stereocenters. The number of urea groups is 1. The third-order valence-corrected chi connectivity index (χ3v) is 4.02. The molecule has 28 heavy (non-hydrogen) atoms. The Labute approximate surface area is 169 Å². The zero-order valence-corrected chi connectivity index (χ0v) is 16.7. The lowest BCUT2D eigenvalue weighted by Gasteiger charge is -2.13. The number of rotatable bonds is 10. The summed E-state index contributed by atoms with van der Waals surface area (Å²) in [5, 5.41) is 4.45. The van der Waals surface area contributed by atoms with E-state index in [1.165, 1.54) is 6.21 Å². The first-order chi connectivity index (χ1) is 13.5. The third kappa shape index (κ3) is 7.00. The van der Waals surface area contributed by atoms with Gasteiger partial charge in [0.1, 0.15) is 5.75 Å². The molecule has 0 saturated heterocycles. The second-order valence-corrected chi connectivity index (χ2v) is 6.24. The Balaban J connectivity index is 1.85. The van der Waals surface area contributed by atoms with Crippen LogP contribution in [0.15, 0.2) is 41.5 Å². The Morgan fingerprint density at radius 3 is 2.64 bits per heavy atom. The minimum absolute atomic E-state index is 0.476. The summed E-state index contributed by atoms with van der Waals surface area (Å²) in [6.45, 7) is 5.32. The van der Waals surface area contributed by atoms with Gasteiger partial charge in [0.25, 0.3) is 0 Å². The maximum absolute atomic E-state index is 10.6. The number of hydrogen-bond acceptors (Lipinski definition) is 5. The maximum atomic E-state index is 10.6. The number of hydrazone groups is 1. The van der Waals surface area contributed by atoms with Crippen molar-refractivity contribution < 1.29 is 19.0 Å². The zero-order valence-electron chi connectivity index (χ0n) is 15.9. The van der Waals surface area contributed by atoms with Crippen LogP contribution in [0, 0.1) is 6.92 Å². The lowest BCUT2D eigenvalue weighted by Crippen LogP contribution is -2.24. The van der Waals surface area contributed by atoms with Gasteiger partial charge < -0.3 is 19.9 Å². The lowest BCUT2D eigenvalue weighted by atomic mass is 10.2. The summed E-state index contributed by atoms with van der Waals surface area (Å²) >= 11 is 6.01. The maximum Gasteiger partial charge on any atom is 0.332 e. The normalized spacial score (nSPS) is 10.7. The fourth-order valence-electron chi connectivity index (χ4n) is 2.30. The molecule has 8 heteroatoms. The number of primary amides is 1. The standard InChI is InChI=1S/C20H24ClN3O4/c1-3-26-19-12-15(13-23-24-20(22)25)5-8-18(19)28-10-4-9-27-16-6-7-17(21)14(2)11-16/h5-8,11-13H,3-4,9-10H2,1-2H3,(H3,22,24,25). The van der Waals surface area contributed by atoms with Crippen LogP contribution in [-0.2, 0) is 0 Å². The molecule has 0 aromatic heterocycles. The quantitative estimate of drug-likeness (QED) is 0.356. The Kier molecular flexibility index (Phi) is 8.42. The summed E-state index contributed by atoms with van der Waals surface area (Å²) in [7, 11) is 0. The van der Waals surface area contributed by atoms with E-state index in [0.717, 1.165) is 21.9 Å². The Morgan fingerprint density at radius 2 is 1.93 bits per heavy atom. The highest BCUT2D eigenvalue weighted by Gasteiger charge is 2.06. The first-order valence-electron chi connectivity index (χ1n) is 8.86. The van der Waals surface area contributed by atoms with Gasteiger partial charge >= 0.3 is 6.03 Å². The molecule has 0 aliphatic carbocycles. The number of hydrogen-bond donors (Lipinski definition) is 2. The largest absolute Gasteiger partial charge is 0.493 e. The molecular weight excluding hydrogens is 382 g/mol. The van der Waals surface area contributed by atoms with E-state index in [1.807, 2.05) is 32.0 Å². The molecule has 0 radical (unpaired) electrons. The van der Waals surface area contributed by atoms with Gasteiger partial charge in [0.05, 0.1) is 26.0 Å². The van der Waals surface area contributed by atoms with Crippen LogP contribution in [0.25, 0.3) is 0 Å². The zero-order chi connectivity index (χ0) is 20.4. The third-order valence-electron chi connectivity index (χ3n) is 3.60. The highest BCUT2D eigenvalue weighted by Crippen LogP contribution is 2.28. The summed E-state index contributed by atoms with van der Waals surface area (Å²) in [5.74, 6) is 2.01. The van der Waals surface area contributed by atoms with E-state index < -0.39 is 6.03 Å². The van der Waals surface area contributed by atoms with E-state index in [9.17, 15) is 4.79 Å². The van der Waals surface area contributed by atoms with Gasteiger partial charge in [0.2, 0.25) is 0 Å². The van der Waals surface area contributed by atoms with Crippen molar-refractivity contribution in [3.63, 3.8) is 0 Å². The molecule has 0 fully saturated rings. The summed E-state index contributed by atoms with van der Waals surface area (Å²) in [4.78, 5) is 10.6. The number of nitrogens with one attached hydrogen (secondary N) is 1. The van der Waals surface area contributed by atoms with Gasteiger partial charge in [-0.05, 0) is 61.4 Å². The molecule has 0 atom stereocenters. The fraction of sp³-hybridized carbons (Fsp3) is 0.300. The van der Waals surface area contributed by atoms with Gasteiger partial charge in [-0.2, -0.15) is 5.10 Å². The summed E-state index contributed by atoms with van der Waals surface area (Å²) in [6, 6.07) is 10.2. The van der Waals surface area contributed by atoms with E-state index in [2.05, 4.69) is 10.5 Å². The van der Waals surface area contributed by atoms with E-state index in [0.29, 0.717) is 37.7 Å². The van der Waals surface area contributed by atoms with Crippen molar-refractivity contribution in [2.75, 3.05) is 19.8 Å². The van der Waals surface area contributed by atoms with Gasteiger partial charge in [0, 0.05) is 11.4 Å². The average Bonchev–Trinajstić information content (AvgIpc) is 2.65. The van der Waals surface area contributed by atoms with E-state index >= 15 is 0 Å². The molecule has 0 saturated carbocycles. The Bertz CT molecular complexity index is 827. The van der Waals surface area contributed by atoms with Crippen molar-refractivity contribution in [2.45, 2.75) is 20.3 Å². The molecule has 0 aliphatic rings. The highest BCUT2D eigenvalue weighted by atomic mass is 35.5. The molecule has 7 nitrogen and oxygen atoms in total. The van der Waals surface area contributed by atoms with Crippen LogP contribution in [0.5, 0.6) is 17.2 Å². The Morgan fingerprint density at radius 1 is 1.14 bits per heavy atom. The number of benzene rings is 2. The molecule has 0 aliphatic heterocycles. The fourth-order valence-corrected chi connectivity index (χ4v) is 2.42. The van der Waals surface area contributed by atoms with Crippen LogP contribution in [0.2, 0.25) is 5.02 Å². The van der Waals surface area contributed by atoms with E-state index in [-0.39, 0.29) is 0 Å². The number of carbonyl (C=O) groups is 1. The number of amides is 2. The van der Waals surface area contributed by atoms with Gasteiger partial charge in [-0.3, -0.25) is 0 Å². The molecule has 2 aromatic rings. The Hall–Kier alpha value is -2.93. The predicted molar refractivity (Wildman–Crippen MR) is 110 cm³/mol. The SMILES string of the molecule is CCOc1cc(C=NNC(N)=O)ccc1OCCCOc1ccc(Cl)c(C)c1. The van der Waals surface area contributed by atoms with Crippen molar-refractivity contribution in [2.24, 2.45) is 10.8 Å². The summed E-state index contributed by atoms with van der Waals surface area (Å²) < 4.78 is 17.1. The number of nitrogens with two attached hydrogens (primary N) is 1. The molecule has 0 spiro atoms. The summed E-state index contributed by atoms with van der Waals surface area (Å²) in [6.07, 6.45) is 2.18. The van der Waals surface area contributed by atoms with Crippen LogP contribution >= 0.6 is 11.6 Å². The number of ether oxygens (including phenoxy) is 3. The van der Waals surface area contributed by atoms with Crippen molar-refractivity contribution in [1.29, 1.82) is 0 Å². The highest BCUT2D eigenvalue weighted by molar-refractivity contribution is 6.31. The predicted octanol–water partition coefficient (Wildman–Crippen LogP) is 3.90. The lowest BCUT2D eigenvalue weighted by molar-refractivity contribution is 0.236. The van der Waals surface area contributed by atoms with Gasteiger partial charge in [-0.15, -0.1) is 0 Å². The van der Waals surface area contributed by atoms with Crippen LogP contribution in [0.1, 0.15) is 24.5 Å². The van der Waals surface area contributed by atoms with Gasteiger partial charge in [0.15, 0.2) is 11.5 Å². The van der Waals surface area contributed by atoms with Crippen molar-refractivity contribution in [1.82, 2.24) is 5.43 Å². The van der Waals surface area contributed by atoms with Crippen molar-refractivity contribution >= 4 is 23.8 Å². The average molecular weight is 406 g/mol. The van der Waals surface area contributed by atoms with Gasteiger partial charge in [-0.1, -0.05) is 11.6 Å². The number of halogens is 1.